The standard InChI is InChI=1S/C9H14O7.C2H4O2/c1-14-6(10)4-9(13,8(12)16-3)5-7(11)15-2;1-2(3)4/h13H,4-5H2,1-3H3;1H3,(H,3,4). The Labute approximate surface area is 115 Å². The number of aliphatic carboxylic acids is 1. The summed E-state index contributed by atoms with van der Waals surface area (Å²) in [5.74, 6) is -3.60. The first-order valence-electron chi connectivity index (χ1n) is 5.27. The minimum Gasteiger partial charge on any atom is -0.481 e. The van der Waals surface area contributed by atoms with Crippen LogP contribution in [-0.2, 0) is 33.4 Å². The highest BCUT2D eigenvalue weighted by Crippen LogP contribution is 2.18. The van der Waals surface area contributed by atoms with Crippen LogP contribution in [0.3, 0.4) is 0 Å². The second-order valence-electron chi connectivity index (χ2n) is 3.55. The van der Waals surface area contributed by atoms with Crippen LogP contribution in [0.1, 0.15) is 19.8 Å². The third-order valence-electron chi connectivity index (χ3n) is 1.89. The normalized spacial score (nSPS) is 9.65. The maximum absolute atomic E-state index is 11.2. The number of aliphatic hydroxyl groups is 1. The van der Waals surface area contributed by atoms with Gasteiger partial charge >= 0.3 is 17.9 Å². The van der Waals surface area contributed by atoms with E-state index in [1.165, 1.54) is 0 Å². The van der Waals surface area contributed by atoms with E-state index >= 15 is 0 Å². The summed E-state index contributed by atoms with van der Waals surface area (Å²) in [6.45, 7) is 1.08. The Bertz CT molecular complexity index is 339. The number of esters is 3. The molecule has 2 N–H and O–H groups in total. The second kappa shape index (κ2) is 9.73. The molecule has 0 aliphatic rings. The van der Waals surface area contributed by atoms with Gasteiger partial charge in [-0.15, -0.1) is 0 Å². The van der Waals surface area contributed by atoms with Gasteiger partial charge in [0.05, 0.1) is 34.2 Å². The lowest BCUT2D eigenvalue weighted by Crippen LogP contribution is -2.44. The summed E-state index contributed by atoms with van der Waals surface area (Å²) in [6, 6.07) is 0. The van der Waals surface area contributed by atoms with Crippen molar-refractivity contribution in [2.45, 2.75) is 25.4 Å². The Balaban J connectivity index is 0. The molecular formula is C11H18O9. The zero-order chi connectivity index (χ0) is 16.3. The first-order chi connectivity index (χ1) is 9.12. The van der Waals surface area contributed by atoms with Crippen molar-refractivity contribution in [2.75, 3.05) is 21.3 Å². The molecule has 0 aromatic rings. The molecule has 0 radical (unpaired) electrons. The van der Waals surface area contributed by atoms with E-state index in [2.05, 4.69) is 14.2 Å². The molecule has 9 heteroatoms. The van der Waals surface area contributed by atoms with Gasteiger partial charge in [-0.25, -0.2) is 4.79 Å². The molecule has 0 aromatic heterocycles. The molecule has 0 bridgehead atoms. The van der Waals surface area contributed by atoms with Gasteiger partial charge in [-0.2, -0.15) is 0 Å². The molecule has 0 rings (SSSR count). The summed E-state index contributed by atoms with van der Waals surface area (Å²) < 4.78 is 12.9. The molecule has 0 amide bonds. The number of ether oxygens (including phenoxy) is 3. The summed E-state index contributed by atoms with van der Waals surface area (Å²) in [5.41, 5.74) is -2.26. The predicted molar refractivity (Wildman–Crippen MR) is 63.5 cm³/mol. The predicted octanol–water partition coefficient (Wildman–Crippen LogP) is -0.892. The number of rotatable bonds is 5. The molecular weight excluding hydrogens is 276 g/mol. The average Bonchev–Trinajstić information content (AvgIpc) is 2.36. The quantitative estimate of drug-likeness (QED) is 0.488. The fourth-order valence-electron chi connectivity index (χ4n) is 1.02. The van der Waals surface area contributed by atoms with Crippen molar-refractivity contribution < 1.29 is 43.6 Å². The maximum atomic E-state index is 11.2. The summed E-state index contributed by atoms with van der Waals surface area (Å²) in [6.07, 6.45) is -1.35. The Morgan fingerprint density at radius 3 is 1.40 bits per heavy atom. The van der Waals surface area contributed by atoms with E-state index in [0.29, 0.717) is 0 Å². The van der Waals surface area contributed by atoms with E-state index in [1.54, 1.807) is 0 Å². The van der Waals surface area contributed by atoms with Crippen LogP contribution in [0.25, 0.3) is 0 Å². The van der Waals surface area contributed by atoms with Gasteiger partial charge in [-0.05, 0) is 0 Å². The SMILES string of the molecule is CC(=O)O.COC(=O)CC(O)(CC(=O)OC)C(=O)OC. The number of carbonyl (C=O) groups excluding carboxylic acids is 3. The number of carbonyl (C=O) groups is 4. The molecule has 0 unspecified atom stereocenters. The summed E-state index contributed by atoms with van der Waals surface area (Å²) in [7, 11) is 3.22. The van der Waals surface area contributed by atoms with Gasteiger partial charge in [0.2, 0.25) is 0 Å². The molecule has 0 fully saturated rings. The summed E-state index contributed by atoms with van der Waals surface area (Å²) in [5, 5.41) is 17.2. The lowest BCUT2D eigenvalue weighted by Gasteiger charge is -2.22. The Kier molecular flexibility index (Phi) is 9.81. The largest absolute Gasteiger partial charge is 0.481 e. The fraction of sp³-hybridized carbons (Fsp3) is 0.636. The van der Waals surface area contributed by atoms with Crippen LogP contribution in [0.5, 0.6) is 0 Å². The molecule has 0 saturated carbocycles. The van der Waals surface area contributed by atoms with Gasteiger partial charge in [0, 0.05) is 6.92 Å². The highest BCUT2D eigenvalue weighted by Gasteiger charge is 2.42. The zero-order valence-corrected chi connectivity index (χ0v) is 11.7. The molecule has 20 heavy (non-hydrogen) atoms. The lowest BCUT2D eigenvalue weighted by molar-refractivity contribution is -0.174. The fourth-order valence-corrected chi connectivity index (χ4v) is 1.02. The lowest BCUT2D eigenvalue weighted by atomic mass is 9.96. The van der Waals surface area contributed by atoms with E-state index < -0.39 is 42.3 Å². The minimum absolute atomic E-state index is 0.675. The van der Waals surface area contributed by atoms with Gasteiger partial charge in [0.25, 0.3) is 5.97 Å². The average molecular weight is 294 g/mol. The van der Waals surface area contributed by atoms with Crippen molar-refractivity contribution in [1.82, 2.24) is 0 Å². The Morgan fingerprint density at radius 2 is 1.20 bits per heavy atom. The molecule has 0 spiro atoms. The highest BCUT2D eigenvalue weighted by molar-refractivity contribution is 5.89. The van der Waals surface area contributed by atoms with Crippen LogP contribution in [0.4, 0.5) is 0 Å². The van der Waals surface area contributed by atoms with E-state index in [0.717, 1.165) is 28.3 Å². The smallest absolute Gasteiger partial charge is 0.339 e. The van der Waals surface area contributed by atoms with Crippen LogP contribution < -0.4 is 0 Å². The number of carboxylic acids is 1. The van der Waals surface area contributed by atoms with E-state index in [4.69, 9.17) is 9.90 Å². The number of methoxy groups -OCH3 is 3. The molecule has 0 saturated heterocycles. The molecule has 0 aliphatic carbocycles. The first-order valence-corrected chi connectivity index (χ1v) is 5.27. The molecule has 0 heterocycles. The summed E-state index contributed by atoms with van der Waals surface area (Å²) in [4.78, 5) is 42.2. The zero-order valence-electron chi connectivity index (χ0n) is 11.7. The Hall–Kier alpha value is -2.16. The molecule has 0 aromatic carbocycles. The molecule has 116 valence electrons. The number of carboxylic acid groups (broad SMARTS) is 1. The van der Waals surface area contributed by atoms with Gasteiger partial charge < -0.3 is 24.4 Å². The molecule has 9 nitrogen and oxygen atoms in total. The van der Waals surface area contributed by atoms with Crippen LogP contribution in [0.15, 0.2) is 0 Å². The molecule has 0 atom stereocenters. The third kappa shape index (κ3) is 8.86. The first kappa shape index (κ1) is 20.2. The van der Waals surface area contributed by atoms with Crippen molar-refractivity contribution in [3.05, 3.63) is 0 Å². The number of hydrogen-bond acceptors (Lipinski definition) is 8. The van der Waals surface area contributed by atoms with E-state index in [1.807, 2.05) is 0 Å². The van der Waals surface area contributed by atoms with Crippen LogP contribution in [-0.4, -0.2) is 61.0 Å². The van der Waals surface area contributed by atoms with Gasteiger partial charge in [-0.3, -0.25) is 14.4 Å². The third-order valence-corrected chi connectivity index (χ3v) is 1.89. The van der Waals surface area contributed by atoms with Crippen molar-refractivity contribution in [3.63, 3.8) is 0 Å². The van der Waals surface area contributed by atoms with Gasteiger partial charge in [0.15, 0.2) is 5.60 Å². The minimum atomic E-state index is -2.26. The van der Waals surface area contributed by atoms with Crippen molar-refractivity contribution >= 4 is 23.9 Å². The van der Waals surface area contributed by atoms with Crippen molar-refractivity contribution in [3.8, 4) is 0 Å². The second-order valence-corrected chi connectivity index (χ2v) is 3.55. The maximum Gasteiger partial charge on any atom is 0.339 e. The monoisotopic (exact) mass is 294 g/mol. The van der Waals surface area contributed by atoms with Crippen LogP contribution in [0.2, 0.25) is 0 Å². The molecule has 0 aliphatic heterocycles. The summed E-state index contributed by atoms with van der Waals surface area (Å²) >= 11 is 0. The Morgan fingerprint density at radius 1 is 0.900 bits per heavy atom. The topological polar surface area (TPSA) is 136 Å². The highest BCUT2D eigenvalue weighted by atomic mass is 16.6. The van der Waals surface area contributed by atoms with Crippen molar-refractivity contribution in [2.24, 2.45) is 0 Å². The van der Waals surface area contributed by atoms with Crippen LogP contribution >= 0.6 is 0 Å². The van der Waals surface area contributed by atoms with Gasteiger partial charge in [0.1, 0.15) is 0 Å². The van der Waals surface area contributed by atoms with E-state index in [9.17, 15) is 19.5 Å². The van der Waals surface area contributed by atoms with Gasteiger partial charge in [-0.1, -0.05) is 0 Å². The number of hydrogen-bond donors (Lipinski definition) is 2. The van der Waals surface area contributed by atoms with E-state index in [-0.39, 0.29) is 0 Å². The van der Waals surface area contributed by atoms with Crippen LogP contribution in [0, 0.1) is 0 Å². The van der Waals surface area contributed by atoms with Crippen molar-refractivity contribution in [1.29, 1.82) is 0 Å².